The van der Waals surface area contributed by atoms with E-state index in [0.29, 0.717) is 17.6 Å². The van der Waals surface area contributed by atoms with E-state index < -0.39 is 5.60 Å². The first kappa shape index (κ1) is 17.8. The van der Waals surface area contributed by atoms with Crippen molar-refractivity contribution in [2.75, 3.05) is 13.2 Å². The van der Waals surface area contributed by atoms with Crippen molar-refractivity contribution in [1.82, 2.24) is 14.9 Å². The Kier molecular flexibility index (Phi) is 6.04. The summed E-state index contributed by atoms with van der Waals surface area (Å²) in [6, 6.07) is 1.71. The van der Waals surface area contributed by atoms with Crippen LogP contribution in [-0.2, 0) is 4.74 Å². The van der Waals surface area contributed by atoms with Gasteiger partial charge in [-0.05, 0) is 40.0 Å². The first-order chi connectivity index (χ1) is 10.8. The summed E-state index contributed by atoms with van der Waals surface area (Å²) in [6.07, 6.45) is 4.95. The molecule has 0 saturated carbocycles. The zero-order chi connectivity index (χ0) is 16.9. The van der Waals surface area contributed by atoms with Gasteiger partial charge in [-0.1, -0.05) is 11.6 Å². The molecule has 1 aromatic heterocycles. The maximum Gasteiger partial charge on any atom is 0.410 e. The zero-order valence-corrected chi connectivity index (χ0v) is 14.7. The number of carbonyl (C=O) groups is 1. The number of halogens is 1. The molecule has 1 fully saturated rings. The molecule has 128 valence electrons. The minimum absolute atomic E-state index is 0.135. The maximum absolute atomic E-state index is 12.3. The number of hydrogen-bond acceptors (Lipinski definition) is 5. The van der Waals surface area contributed by atoms with Crippen LogP contribution >= 0.6 is 11.6 Å². The molecular formula is C16H24ClN3O3. The highest BCUT2D eigenvalue weighted by Crippen LogP contribution is 2.23. The number of ether oxygens (including phenoxy) is 2. The minimum Gasteiger partial charge on any atom is -0.477 e. The molecule has 0 unspecified atom stereocenters. The second kappa shape index (κ2) is 7.81. The van der Waals surface area contributed by atoms with Crippen molar-refractivity contribution in [1.29, 1.82) is 0 Å². The first-order valence-electron chi connectivity index (χ1n) is 7.95. The summed E-state index contributed by atoms with van der Waals surface area (Å²) >= 11 is 5.80. The van der Waals surface area contributed by atoms with Gasteiger partial charge in [0.05, 0.1) is 6.61 Å². The molecule has 0 N–H and O–H groups in total. The second-order valence-electron chi connectivity index (χ2n) is 6.64. The average Bonchev–Trinajstić information content (AvgIpc) is 2.46. The molecule has 1 amide bonds. The van der Waals surface area contributed by atoms with E-state index in [9.17, 15) is 4.79 Å². The Labute approximate surface area is 142 Å². The normalized spacial score (nSPS) is 18.6. The molecule has 2 rings (SSSR count). The predicted molar refractivity (Wildman–Crippen MR) is 87.7 cm³/mol. The third kappa shape index (κ3) is 5.86. The van der Waals surface area contributed by atoms with Gasteiger partial charge in [0.2, 0.25) is 5.88 Å². The van der Waals surface area contributed by atoms with E-state index in [1.807, 2.05) is 25.7 Å². The van der Waals surface area contributed by atoms with Crippen molar-refractivity contribution in [3.05, 3.63) is 17.5 Å². The van der Waals surface area contributed by atoms with Gasteiger partial charge in [0.15, 0.2) is 0 Å². The van der Waals surface area contributed by atoms with Crippen LogP contribution < -0.4 is 4.74 Å². The lowest BCUT2D eigenvalue weighted by Gasteiger charge is -2.36. The summed E-state index contributed by atoms with van der Waals surface area (Å²) < 4.78 is 11.1. The van der Waals surface area contributed by atoms with Crippen molar-refractivity contribution >= 4 is 17.7 Å². The second-order valence-corrected chi connectivity index (χ2v) is 7.03. The molecule has 1 aliphatic rings. The molecule has 7 heteroatoms. The molecule has 1 atom stereocenters. The van der Waals surface area contributed by atoms with Gasteiger partial charge in [0, 0.05) is 25.1 Å². The van der Waals surface area contributed by atoms with E-state index in [0.717, 1.165) is 32.2 Å². The number of nitrogens with zero attached hydrogens (tertiary/aromatic N) is 3. The van der Waals surface area contributed by atoms with Crippen molar-refractivity contribution in [2.45, 2.75) is 58.1 Å². The Bertz CT molecular complexity index is 534. The van der Waals surface area contributed by atoms with Gasteiger partial charge in [-0.25, -0.2) is 14.8 Å². The molecule has 1 aromatic rings. The molecule has 0 spiro atoms. The van der Waals surface area contributed by atoms with Crippen molar-refractivity contribution in [2.24, 2.45) is 0 Å². The predicted octanol–water partition coefficient (Wildman–Crippen LogP) is 3.69. The summed E-state index contributed by atoms with van der Waals surface area (Å²) in [6.45, 7) is 6.85. The Morgan fingerprint density at radius 1 is 1.39 bits per heavy atom. The lowest BCUT2D eigenvalue weighted by atomic mass is 10.0. The van der Waals surface area contributed by atoms with E-state index >= 15 is 0 Å². The van der Waals surface area contributed by atoms with Gasteiger partial charge in [-0.3, -0.25) is 0 Å². The van der Waals surface area contributed by atoms with Gasteiger partial charge in [0.1, 0.15) is 17.1 Å². The summed E-state index contributed by atoms with van der Waals surface area (Å²) in [7, 11) is 0. The van der Waals surface area contributed by atoms with Crippen LogP contribution in [0.25, 0.3) is 0 Å². The summed E-state index contributed by atoms with van der Waals surface area (Å²) in [5.41, 5.74) is -0.479. The van der Waals surface area contributed by atoms with Crippen molar-refractivity contribution < 1.29 is 14.3 Å². The molecule has 0 aromatic carbocycles. The number of amides is 1. The molecule has 0 bridgehead atoms. The number of piperidine rings is 1. The average molecular weight is 342 g/mol. The summed E-state index contributed by atoms with van der Waals surface area (Å²) in [5.74, 6) is 0.449. The Morgan fingerprint density at radius 3 is 2.87 bits per heavy atom. The van der Waals surface area contributed by atoms with E-state index in [1.165, 1.54) is 6.33 Å². The van der Waals surface area contributed by atoms with Crippen LogP contribution in [0.2, 0.25) is 5.15 Å². The summed E-state index contributed by atoms with van der Waals surface area (Å²) in [4.78, 5) is 22.0. The molecule has 1 aliphatic heterocycles. The van der Waals surface area contributed by atoms with Crippen LogP contribution in [-0.4, -0.2) is 45.8 Å². The summed E-state index contributed by atoms with van der Waals surface area (Å²) in [5, 5.41) is 0.350. The molecule has 0 radical (unpaired) electrons. The van der Waals surface area contributed by atoms with Crippen LogP contribution in [0, 0.1) is 0 Å². The topological polar surface area (TPSA) is 64.5 Å². The minimum atomic E-state index is -0.479. The van der Waals surface area contributed by atoms with Crippen molar-refractivity contribution in [3.8, 4) is 5.88 Å². The van der Waals surface area contributed by atoms with Gasteiger partial charge in [0.25, 0.3) is 0 Å². The van der Waals surface area contributed by atoms with Gasteiger partial charge in [-0.15, -0.1) is 0 Å². The van der Waals surface area contributed by atoms with E-state index in [2.05, 4.69) is 9.97 Å². The van der Waals surface area contributed by atoms with Crippen LogP contribution in [0.15, 0.2) is 12.4 Å². The smallest absolute Gasteiger partial charge is 0.410 e. The van der Waals surface area contributed by atoms with E-state index in [4.69, 9.17) is 21.1 Å². The number of aromatic nitrogens is 2. The van der Waals surface area contributed by atoms with Crippen LogP contribution in [0.5, 0.6) is 5.88 Å². The van der Waals surface area contributed by atoms with Gasteiger partial charge in [-0.2, -0.15) is 0 Å². The lowest BCUT2D eigenvalue weighted by Crippen LogP contribution is -2.46. The van der Waals surface area contributed by atoms with E-state index in [1.54, 1.807) is 6.07 Å². The SMILES string of the molecule is CC(C)(C)OC(=O)N1CCCC[C@H]1CCOc1cc(Cl)ncn1. The fourth-order valence-corrected chi connectivity index (χ4v) is 2.69. The standard InChI is InChI=1S/C16H24ClN3O3/c1-16(2,3)23-15(21)20-8-5-4-6-12(20)7-9-22-14-10-13(17)18-11-19-14/h10-12H,4-9H2,1-3H3/t12-/m0/s1. The Balaban J connectivity index is 1.87. The lowest BCUT2D eigenvalue weighted by molar-refractivity contribution is 0.00738. The number of carbonyl (C=O) groups excluding carboxylic acids is 1. The number of rotatable bonds is 4. The highest BCUT2D eigenvalue weighted by molar-refractivity contribution is 6.29. The zero-order valence-electron chi connectivity index (χ0n) is 13.9. The maximum atomic E-state index is 12.3. The molecule has 6 nitrogen and oxygen atoms in total. The molecule has 1 saturated heterocycles. The molecule has 2 heterocycles. The third-order valence-corrected chi connectivity index (χ3v) is 3.77. The Morgan fingerprint density at radius 2 is 2.17 bits per heavy atom. The highest BCUT2D eigenvalue weighted by Gasteiger charge is 2.30. The molecule has 23 heavy (non-hydrogen) atoms. The fraction of sp³-hybridized carbons (Fsp3) is 0.688. The van der Waals surface area contributed by atoms with Gasteiger partial charge >= 0.3 is 6.09 Å². The van der Waals surface area contributed by atoms with Crippen molar-refractivity contribution in [3.63, 3.8) is 0 Å². The Hall–Kier alpha value is -1.56. The van der Waals surface area contributed by atoms with Gasteiger partial charge < -0.3 is 14.4 Å². The first-order valence-corrected chi connectivity index (χ1v) is 8.33. The van der Waals surface area contributed by atoms with E-state index in [-0.39, 0.29) is 12.1 Å². The number of likely N-dealkylation sites (tertiary alicyclic amines) is 1. The fourth-order valence-electron chi connectivity index (χ4n) is 2.56. The van der Waals surface area contributed by atoms with Crippen LogP contribution in [0.1, 0.15) is 46.5 Å². The van der Waals surface area contributed by atoms with Crippen LogP contribution in [0.4, 0.5) is 4.79 Å². The largest absolute Gasteiger partial charge is 0.477 e. The molecule has 0 aliphatic carbocycles. The van der Waals surface area contributed by atoms with Crippen LogP contribution in [0.3, 0.4) is 0 Å². The molecular weight excluding hydrogens is 318 g/mol. The monoisotopic (exact) mass is 341 g/mol. The number of hydrogen-bond donors (Lipinski definition) is 0. The highest BCUT2D eigenvalue weighted by atomic mass is 35.5. The quantitative estimate of drug-likeness (QED) is 0.781. The third-order valence-electron chi connectivity index (χ3n) is 3.56.